The summed E-state index contributed by atoms with van der Waals surface area (Å²) < 4.78 is 11.0. The standard InChI is InChI=1S/C20H22ClNO4/c1-3-12-22-19(23)14(2)26-20(24)17-6-4-5-7-18(17)25-13-15-8-10-16(21)11-9-15/h4-11,14H,3,12-13H2,1-2H3,(H,22,23). The van der Waals surface area contributed by atoms with E-state index in [1.54, 1.807) is 43.3 Å². The molecular formula is C20H22ClNO4. The first-order chi connectivity index (χ1) is 12.5. The predicted molar refractivity (Wildman–Crippen MR) is 100 cm³/mol. The Kier molecular flexibility index (Phi) is 7.48. The van der Waals surface area contributed by atoms with Crippen molar-refractivity contribution in [2.75, 3.05) is 6.54 Å². The number of carbonyl (C=O) groups is 2. The van der Waals surface area contributed by atoms with Gasteiger partial charge in [0.1, 0.15) is 17.9 Å². The maximum Gasteiger partial charge on any atom is 0.342 e. The Morgan fingerprint density at radius 2 is 1.81 bits per heavy atom. The smallest absolute Gasteiger partial charge is 0.342 e. The van der Waals surface area contributed by atoms with Gasteiger partial charge in [-0.2, -0.15) is 0 Å². The maximum atomic E-state index is 12.4. The molecule has 1 N–H and O–H groups in total. The average Bonchev–Trinajstić information content (AvgIpc) is 2.65. The third-order valence-corrected chi connectivity index (χ3v) is 3.87. The van der Waals surface area contributed by atoms with Crippen molar-refractivity contribution in [3.63, 3.8) is 0 Å². The molecular weight excluding hydrogens is 354 g/mol. The van der Waals surface area contributed by atoms with E-state index in [0.29, 0.717) is 17.3 Å². The fourth-order valence-electron chi connectivity index (χ4n) is 2.17. The first kappa shape index (κ1) is 19.8. The number of esters is 1. The number of ether oxygens (including phenoxy) is 2. The number of hydrogen-bond acceptors (Lipinski definition) is 4. The van der Waals surface area contributed by atoms with Crippen LogP contribution in [0.4, 0.5) is 0 Å². The molecule has 0 aliphatic rings. The summed E-state index contributed by atoms with van der Waals surface area (Å²) in [7, 11) is 0. The second kappa shape index (κ2) is 9.82. The zero-order valence-electron chi connectivity index (χ0n) is 14.8. The van der Waals surface area contributed by atoms with E-state index in [9.17, 15) is 9.59 Å². The molecule has 6 heteroatoms. The molecule has 0 saturated heterocycles. The summed E-state index contributed by atoms with van der Waals surface area (Å²) in [5.41, 5.74) is 1.20. The van der Waals surface area contributed by atoms with E-state index in [4.69, 9.17) is 21.1 Å². The van der Waals surface area contributed by atoms with Gasteiger partial charge in [0.2, 0.25) is 0 Å². The number of benzene rings is 2. The Bertz CT molecular complexity index is 746. The molecule has 0 heterocycles. The minimum absolute atomic E-state index is 0.275. The Morgan fingerprint density at radius 3 is 2.50 bits per heavy atom. The van der Waals surface area contributed by atoms with Crippen molar-refractivity contribution in [2.45, 2.75) is 33.0 Å². The highest BCUT2D eigenvalue weighted by Gasteiger charge is 2.21. The molecule has 1 unspecified atom stereocenters. The van der Waals surface area contributed by atoms with Crippen molar-refractivity contribution in [2.24, 2.45) is 0 Å². The molecule has 2 aromatic rings. The summed E-state index contributed by atoms with van der Waals surface area (Å²) in [6.07, 6.45) is -0.0632. The second-order valence-corrected chi connectivity index (χ2v) is 6.19. The van der Waals surface area contributed by atoms with Crippen LogP contribution >= 0.6 is 11.6 Å². The van der Waals surface area contributed by atoms with Crippen molar-refractivity contribution >= 4 is 23.5 Å². The molecule has 2 rings (SSSR count). The maximum absolute atomic E-state index is 12.4. The van der Waals surface area contributed by atoms with Crippen LogP contribution in [0.15, 0.2) is 48.5 Å². The molecule has 2 aromatic carbocycles. The Hall–Kier alpha value is -2.53. The van der Waals surface area contributed by atoms with Crippen molar-refractivity contribution in [1.29, 1.82) is 0 Å². The lowest BCUT2D eigenvalue weighted by atomic mass is 10.2. The van der Waals surface area contributed by atoms with Crippen molar-refractivity contribution < 1.29 is 19.1 Å². The first-order valence-electron chi connectivity index (χ1n) is 8.46. The normalized spacial score (nSPS) is 11.5. The van der Waals surface area contributed by atoms with Gasteiger partial charge in [-0.15, -0.1) is 0 Å². The van der Waals surface area contributed by atoms with E-state index in [0.717, 1.165) is 12.0 Å². The number of hydrogen-bond donors (Lipinski definition) is 1. The van der Waals surface area contributed by atoms with Gasteiger partial charge in [-0.25, -0.2) is 4.79 Å². The number of para-hydroxylation sites is 1. The topological polar surface area (TPSA) is 64.6 Å². The van der Waals surface area contributed by atoms with E-state index >= 15 is 0 Å². The lowest BCUT2D eigenvalue weighted by Crippen LogP contribution is -2.36. The molecule has 0 radical (unpaired) electrons. The molecule has 138 valence electrons. The van der Waals surface area contributed by atoms with Crippen LogP contribution in [0.25, 0.3) is 0 Å². The van der Waals surface area contributed by atoms with Crippen LogP contribution in [0.2, 0.25) is 5.02 Å². The molecule has 0 bridgehead atoms. The van der Waals surface area contributed by atoms with Gasteiger partial charge in [0, 0.05) is 11.6 Å². The highest BCUT2D eigenvalue weighted by atomic mass is 35.5. The van der Waals surface area contributed by atoms with Crippen LogP contribution in [0.5, 0.6) is 5.75 Å². The van der Waals surface area contributed by atoms with Crippen LogP contribution in [-0.4, -0.2) is 24.5 Å². The zero-order chi connectivity index (χ0) is 18.9. The monoisotopic (exact) mass is 375 g/mol. The third-order valence-electron chi connectivity index (χ3n) is 3.62. The Morgan fingerprint density at radius 1 is 1.12 bits per heavy atom. The van der Waals surface area contributed by atoms with Crippen LogP contribution in [0, 0.1) is 0 Å². The quantitative estimate of drug-likeness (QED) is 0.708. The molecule has 0 fully saturated rings. The van der Waals surface area contributed by atoms with Gasteiger partial charge in [0.05, 0.1) is 0 Å². The molecule has 0 spiro atoms. The largest absolute Gasteiger partial charge is 0.488 e. The van der Waals surface area contributed by atoms with E-state index in [1.807, 2.05) is 19.1 Å². The molecule has 0 aliphatic carbocycles. The minimum atomic E-state index is -0.877. The molecule has 5 nitrogen and oxygen atoms in total. The summed E-state index contributed by atoms with van der Waals surface area (Å²) >= 11 is 5.87. The van der Waals surface area contributed by atoms with E-state index in [-0.39, 0.29) is 18.1 Å². The van der Waals surface area contributed by atoms with Crippen LogP contribution in [-0.2, 0) is 16.1 Å². The number of rotatable bonds is 8. The Balaban J connectivity index is 2.01. The molecule has 0 aromatic heterocycles. The van der Waals surface area contributed by atoms with Crippen LogP contribution < -0.4 is 10.1 Å². The first-order valence-corrected chi connectivity index (χ1v) is 8.84. The summed E-state index contributed by atoms with van der Waals surface area (Å²) in [6, 6.07) is 14.0. The summed E-state index contributed by atoms with van der Waals surface area (Å²) in [5, 5.41) is 3.34. The number of nitrogens with one attached hydrogen (secondary N) is 1. The minimum Gasteiger partial charge on any atom is -0.488 e. The lowest BCUT2D eigenvalue weighted by molar-refractivity contribution is -0.129. The van der Waals surface area contributed by atoms with E-state index in [1.165, 1.54) is 0 Å². The van der Waals surface area contributed by atoms with Gasteiger partial charge in [-0.3, -0.25) is 4.79 Å². The summed E-state index contributed by atoms with van der Waals surface area (Å²) in [4.78, 5) is 24.3. The van der Waals surface area contributed by atoms with E-state index in [2.05, 4.69) is 5.32 Å². The number of halogens is 1. The van der Waals surface area contributed by atoms with Crippen LogP contribution in [0.3, 0.4) is 0 Å². The second-order valence-electron chi connectivity index (χ2n) is 5.75. The number of amides is 1. The van der Waals surface area contributed by atoms with Crippen molar-refractivity contribution in [1.82, 2.24) is 5.32 Å². The van der Waals surface area contributed by atoms with Gasteiger partial charge >= 0.3 is 5.97 Å². The van der Waals surface area contributed by atoms with Gasteiger partial charge in [-0.1, -0.05) is 42.8 Å². The average molecular weight is 376 g/mol. The fourth-order valence-corrected chi connectivity index (χ4v) is 2.30. The molecule has 1 atom stereocenters. The van der Waals surface area contributed by atoms with Crippen LogP contribution in [0.1, 0.15) is 36.2 Å². The molecule has 0 saturated carbocycles. The molecule has 0 aliphatic heterocycles. The zero-order valence-corrected chi connectivity index (χ0v) is 15.6. The fraction of sp³-hybridized carbons (Fsp3) is 0.300. The van der Waals surface area contributed by atoms with E-state index < -0.39 is 12.1 Å². The van der Waals surface area contributed by atoms with Gasteiger partial charge in [0.25, 0.3) is 5.91 Å². The molecule has 26 heavy (non-hydrogen) atoms. The SMILES string of the molecule is CCCNC(=O)C(C)OC(=O)c1ccccc1OCc1ccc(Cl)cc1. The van der Waals surface area contributed by atoms with Gasteiger partial charge < -0.3 is 14.8 Å². The van der Waals surface area contributed by atoms with Crippen molar-refractivity contribution in [3.8, 4) is 5.75 Å². The molecule has 1 amide bonds. The summed E-state index contributed by atoms with van der Waals surface area (Å²) in [6.45, 7) is 4.32. The Labute approximate surface area is 158 Å². The lowest BCUT2D eigenvalue weighted by Gasteiger charge is -2.15. The highest BCUT2D eigenvalue weighted by Crippen LogP contribution is 2.21. The highest BCUT2D eigenvalue weighted by molar-refractivity contribution is 6.30. The van der Waals surface area contributed by atoms with Gasteiger partial charge in [-0.05, 0) is 43.2 Å². The number of carbonyl (C=O) groups excluding carboxylic acids is 2. The van der Waals surface area contributed by atoms with Crippen molar-refractivity contribution in [3.05, 3.63) is 64.7 Å². The predicted octanol–water partition coefficient (Wildman–Crippen LogP) is 3.99. The van der Waals surface area contributed by atoms with Gasteiger partial charge in [0.15, 0.2) is 6.10 Å². The summed E-state index contributed by atoms with van der Waals surface area (Å²) in [5.74, 6) is -0.524. The third kappa shape index (κ3) is 5.77.